The van der Waals surface area contributed by atoms with Gasteiger partial charge in [0.15, 0.2) is 0 Å². The Morgan fingerprint density at radius 1 is 0.682 bits per heavy atom. The Kier molecular flexibility index (Phi) is 15.7. The van der Waals surface area contributed by atoms with E-state index in [1.54, 1.807) is 13.8 Å². The Bertz CT molecular complexity index is 328. The summed E-state index contributed by atoms with van der Waals surface area (Å²) in [5, 5.41) is 0. The third-order valence-corrected chi connectivity index (χ3v) is 1.99. The van der Waals surface area contributed by atoms with Gasteiger partial charge in [-0.2, -0.15) is 0 Å². The van der Waals surface area contributed by atoms with Crippen LogP contribution in [-0.2, 0) is 28.5 Å². The molecule has 0 aliphatic carbocycles. The van der Waals surface area contributed by atoms with Gasteiger partial charge in [-0.15, -0.1) is 13.2 Å². The summed E-state index contributed by atoms with van der Waals surface area (Å²) in [6, 6.07) is 0. The number of rotatable bonds is 11. The third-order valence-electron chi connectivity index (χ3n) is 1.99. The van der Waals surface area contributed by atoms with Crippen LogP contribution in [-0.4, -0.2) is 51.6 Å². The van der Waals surface area contributed by atoms with Gasteiger partial charge < -0.3 is 18.9 Å². The summed E-state index contributed by atoms with van der Waals surface area (Å²) >= 11 is 0. The van der Waals surface area contributed by atoms with Crippen molar-refractivity contribution in [2.75, 3.05) is 39.6 Å². The van der Waals surface area contributed by atoms with Crippen molar-refractivity contribution < 1.29 is 28.5 Å². The summed E-state index contributed by atoms with van der Waals surface area (Å²) in [5.41, 5.74) is 0.718. The predicted molar refractivity (Wildman–Crippen MR) is 84.4 cm³/mol. The van der Waals surface area contributed by atoms with E-state index in [0.717, 1.165) is 0 Å². The molecule has 0 spiro atoms. The Morgan fingerprint density at radius 2 is 0.955 bits per heavy atom. The highest BCUT2D eigenvalue weighted by Crippen LogP contribution is 1.92. The number of hydrogen-bond acceptors (Lipinski definition) is 6. The van der Waals surface area contributed by atoms with Crippen LogP contribution in [0.3, 0.4) is 0 Å². The van der Waals surface area contributed by atoms with Crippen LogP contribution in [0.15, 0.2) is 37.5 Å². The normalized spacial score (nSPS) is 9.18. The predicted octanol–water partition coefficient (Wildman–Crippen LogP) is 2.06. The summed E-state index contributed by atoms with van der Waals surface area (Å²) < 4.78 is 20.0. The zero-order valence-electron chi connectivity index (χ0n) is 13.5. The molecule has 6 nitrogen and oxygen atoms in total. The quantitative estimate of drug-likeness (QED) is 0.252. The van der Waals surface area contributed by atoms with Crippen LogP contribution in [0.4, 0.5) is 0 Å². The molecule has 126 valence electrons. The average molecular weight is 314 g/mol. The van der Waals surface area contributed by atoms with Crippen LogP contribution in [0.1, 0.15) is 13.8 Å². The number of carbonyl (C=O) groups excluding carboxylic acids is 2. The molecule has 0 aliphatic heterocycles. The highest BCUT2D eigenvalue weighted by atomic mass is 16.6. The Morgan fingerprint density at radius 3 is 1.23 bits per heavy atom. The van der Waals surface area contributed by atoms with E-state index in [-0.39, 0.29) is 13.2 Å². The van der Waals surface area contributed by atoms with Gasteiger partial charge in [-0.25, -0.2) is 9.59 Å². The van der Waals surface area contributed by atoms with E-state index in [9.17, 15) is 9.59 Å². The number of ether oxygens (including phenoxy) is 4. The van der Waals surface area contributed by atoms with Gasteiger partial charge in [0.05, 0.1) is 26.4 Å². The van der Waals surface area contributed by atoms with E-state index in [1.165, 1.54) is 0 Å². The van der Waals surface area contributed by atoms with E-state index in [4.69, 9.17) is 18.9 Å². The summed E-state index contributed by atoms with van der Waals surface area (Å²) in [7, 11) is 0. The largest absolute Gasteiger partial charge is 0.460 e. The first kappa shape index (κ1) is 22.4. The van der Waals surface area contributed by atoms with Crippen molar-refractivity contribution in [1.82, 2.24) is 0 Å². The SMILES string of the molecule is C=C.C=C(C)C(=O)OCCOCCOCCOC(=O)C(=C)C. The molecule has 0 saturated heterocycles. The molecular formula is C16H26O6. The minimum atomic E-state index is -0.427. The third kappa shape index (κ3) is 14.5. The van der Waals surface area contributed by atoms with Crippen molar-refractivity contribution in [3.8, 4) is 0 Å². The first-order valence-corrected chi connectivity index (χ1v) is 6.76. The summed E-state index contributed by atoms with van der Waals surface area (Å²) in [6.45, 7) is 17.8. The van der Waals surface area contributed by atoms with Crippen LogP contribution in [0.2, 0.25) is 0 Å². The van der Waals surface area contributed by atoms with Crippen LogP contribution < -0.4 is 0 Å². The monoisotopic (exact) mass is 314 g/mol. The van der Waals surface area contributed by atoms with E-state index >= 15 is 0 Å². The van der Waals surface area contributed by atoms with Crippen LogP contribution in [0.25, 0.3) is 0 Å². The lowest BCUT2D eigenvalue weighted by atomic mass is 10.4. The van der Waals surface area contributed by atoms with E-state index < -0.39 is 11.9 Å². The van der Waals surface area contributed by atoms with Crippen molar-refractivity contribution in [2.45, 2.75) is 13.8 Å². The van der Waals surface area contributed by atoms with Crippen LogP contribution >= 0.6 is 0 Å². The minimum Gasteiger partial charge on any atom is -0.460 e. The van der Waals surface area contributed by atoms with Gasteiger partial charge in [-0.1, -0.05) is 13.2 Å². The molecule has 0 atom stereocenters. The first-order chi connectivity index (χ1) is 10.4. The lowest BCUT2D eigenvalue weighted by Gasteiger charge is -2.07. The van der Waals surface area contributed by atoms with Gasteiger partial charge in [0.2, 0.25) is 0 Å². The molecule has 0 bridgehead atoms. The second-order valence-electron chi connectivity index (χ2n) is 4.06. The second kappa shape index (κ2) is 15.5. The molecule has 0 aromatic heterocycles. The number of esters is 2. The van der Waals surface area contributed by atoms with Gasteiger partial charge in [0, 0.05) is 11.1 Å². The molecule has 0 unspecified atom stereocenters. The van der Waals surface area contributed by atoms with Gasteiger partial charge in [-0.05, 0) is 13.8 Å². The lowest BCUT2D eigenvalue weighted by Crippen LogP contribution is -2.15. The standard InChI is InChI=1S/C14H22O6.C2H4/c1-11(2)13(15)19-9-7-17-5-6-18-8-10-20-14(16)12(3)4;1-2/h1,3,5-10H2,2,4H3;1-2H2. The molecule has 0 fully saturated rings. The fourth-order valence-electron chi connectivity index (χ4n) is 0.955. The molecule has 0 N–H and O–H groups in total. The van der Waals surface area contributed by atoms with E-state index in [1.807, 2.05) is 0 Å². The van der Waals surface area contributed by atoms with Gasteiger partial charge in [0.1, 0.15) is 13.2 Å². The maximum absolute atomic E-state index is 11.0. The fourth-order valence-corrected chi connectivity index (χ4v) is 0.955. The summed E-state index contributed by atoms with van der Waals surface area (Å²) in [5.74, 6) is -0.853. The zero-order chi connectivity index (χ0) is 17.4. The van der Waals surface area contributed by atoms with Gasteiger partial charge in [-0.3, -0.25) is 0 Å². The maximum atomic E-state index is 11.0. The highest BCUT2D eigenvalue weighted by molar-refractivity contribution is 5.87. The summed E-state index contributed by atoms with van der Waals surface area (Å²) in [4.78, 5) is 22.0. The first-order valence-electron chi connectivity index (χ1n) is 6.76. The van der Waals surface area contributed by atoms with Crippen molar-refractivity contribution in [1.29, 1.82) is 0 Å². The zero-order valence-corrected chi connectivity index (χ0v) is 13.5. The number of hydrogen-bond donors (Lipinski definition) is 0. The van der Waals surface area contributed by atoms with E-state index in [0.29, 0.717) is 37.6 Å². The lowest BCUT2D eigenvalue weighted by molar-refractivity contribution is -0.142. The van der Waals surface area contributed by atoms with Crippen molar-refractivity contribution in [3.63, 3.8) is 0 Å². The molecule has 0 heterocycles. The molecule has 22 heavy (non-hydrogen) atoms. The van der Waals surface area contributed by atoms with Crippen molar-refractivity contribution in [2.24, 2.45) is 0 Å². The topological polar surface area (TPSA) is 71.1 Å². The molecule has 0 amide bonds. The molecule has 0 saturated carbocycles. The smallest absolute Gasteiger partial charge is 0.333 e. The number of carbonyl (C=O) groups is 2. The summed E-state index contributed by atoms with van der Waals surface area (Å²) in [6.07, 6.45) is 0. The maximum Gasteiger partial charge on any atom is 0.333 e. The van der Waals surface area contributed by atoms with E-state index in [2.05, 4.69) is 26.3 Å². The van der Waals surface area contributed by atoms with Crippen molar-refractivity contribution in [3.05, 3.63) is 37.5 Å². The van der Waals surface area contributed by atoms with Crippen LogP contribution in [0, 0.1) is 0 Å². The minimum absolute atomic E-state index is 0.182. The van der Waals surface area contributed by atoms with Crippen molar-refractivity contribution >= 4 is 11.9 Å². The highest BCUT2D eigenvalue weighted by Gasteiger charge is 2.03. The molecule has 0 aromatic rings. The second-order valence-corrected chi connectivity index (χ2v) is 4.06. The molecular weight excluding hydrogens is 288 g/mol. The molecule has 0 rings (SSSR count). The molecule has 0 aliphatic rings. The Labute approximate surface area is 132 Å². The average Bonchev–Trinajstić information content (AvgIpc) is 2.50. The Balaban J connectivity index is 0. The molecule has 0 radical (unpaired) electrons. The fraction of sp³-hybridized carbons (Fsp3) is 0.500. The van der Waals surface area contributed by atoms with Gasteiger partial charge in [0.25, 0.3) is 0 Å². The van der Waals surface area contributed by atoms with Crippen LogP contribution in [0.5, 0.6) is 0 Å². The molecule has 0 aromatic carbocycles. The molecule has 6 heteroatoms. The van der Waals surface area contributed by atoms with Gasteiger partial charge >= 0.3 is 11.9 Å². The Hall–Kier alpha value is -1.92.